The highest BCUT2D eigenvalue weighted by Gasteiger charge is 2.34. The molecule has 2 heterocycles. The van der Waals surface area contributed by atoms with Crippen molar-refractivity contribution in [1.29, 1.82) is 0 Å². The Labute approximate surface area is 313 Å². The summed E-state index contributed by atoms with van der Waals surface area (Å²) in [6.07, 6.45) is 35.1. The lowest BCUT2D eigenvalue weighted by Gasteiger charge is -2.42. The van der Waals surface area contributed by atoms with Gasteiger partial charge in [0.2, 0.25) is 0 Å². The molecular weight excluding hydrogens is 663 g/mol. The van der Waals surface area contributed by atoms with Gasteiger partial charge in [0.15, 0.2) is 0 Å². The first-order valence-corrected chi connectivity index (χ1v) is 19.6. The summed E-state index contributed by atoms with van der Waals surface area (Å²) in [5.74, 6) is 0.859. The molecule has 11 rings (SSSR count). The van der Waals surface area contributed by atoms with E-state index in [4.69, 9.17) is 4.42 Å². The number of hydrogen-bond acceptors (Lipinski definition) is 3. The van der Waals surface area contributed by atoms with Gasteiger partial charge < -0.3 is 9.32 Å². The van der Waals surface area contributed by atoms with Crippen LogP contribution in [0.5, 0.6) is 0 Å². The molecule has 0 amide bonds. The second-order valence-electron chi connectivity index (χ2n) is 14.7. The monoisotopic (exact) mass is 699 g/mol. The number of rotatable bonds is 5. The topological polar surface area (TPSA) is 16.4 Å². The molecular formula is C50H37NOS. The van der Waals surface area contributed by atoms with Crippen LogP contribution < -0.4 is 9.75 Å². The first-order valence-electron chi connectivity index (χ1n) is 18.8. The SMILES string of the molecule is C1=CC2=CC=CC(N(C3=CC4C=CC(c5ccc6c(c5)oc5ccccc56)=CC4C=C3)C3=c4sc5c(-c6ccccc6)cccc5c4=CCC3)C2C=C1. The number of nitrogens with zero attached hydrogens (tertiary/aromatic N) is 1. The van der Waals surface area contributed by atoms with Crippen molar-refractivity contribution in [3.63, 3.8) is 0 Å². The molecule has 0 fully saturated rings. The summed E-state index contributed by atoms with van der Waals surface area (Å²) in [7, 11) is 0. The zero-order valence-corrected chi connectivity index (χ0v) is 30.0. The summed E-state index contributed by atoms with van der Waals surface area (Å²) >= 11 is 1.97. The molecule has 0 spiro atoms. The minimum absolute atomic E-state index is 0.178. The fraction of sp³-hybridized carbons (Fsp3) is 0.120. The van der Waals surface area contributed by atoms with Crippen molar-refractivity contribution in [1.82, 2.24) is 4.90 Å². The van der Waals surface area contributed by atoms with E-state index in [1.54, 1.807) is 0 Å². The zero-order chi connectivity index (χ0) is 34.9. The van der Waals surface area contributed by atoms with Gasteiger partial charge >= 0.3 is 0 Å². The van der Waals surface area contributed by atoms with E-state index in [9.17, 15) is 0 Å². The number of benzene rings is 4. The molecule has 2 aromatic heterocycles. The van der Waals surface area contributed by atoms with Crippen LogP contribution in [-0.2, 0) is 0 Å². The van der Waals surface area contributed by atoms with E-state index in [1.807, 2.05) is 23.5 Å². The molecule has 6 aromatic rings. The fourth-order valence-corrected chi connectivity index (χ4v) is 10.5. The smallest absolute Gasteiger partial charge is 0.136 e. The van der Waals surface area contributed by atoms with Crippen LogP contribution in [-0.4, -0.2) is 10.9 Å². The lowest BCUT2D eigenvalue weighted by molar-refractivity contribution is 0.356. The van der Waals surface area contributed by atoms with Crippen LogP contribution in [0.25, 0.3) is 60.5 Å². The van der Waals surface area contributed by atoms with Crippen LogP contribution in [0.3, 0.4) is 0 Å². The van der Waals surface area contributed by atoms with Crippen LogP contribution in [0.1, 0.15) is 18.4 Å². The fourth-order valence-electron chi connectivity index (χ4n) is 9.09. The Morgan fingerprint density at radius 2 is 1.51 bits per heavy atom. The predicted octanol–water partition coefficient (Wildman–Crippen LogP) is 11.4. The molecule has 0 aliphatic heterocycles. The molecule has 3 heteroatoms. The largest absolute Gasteiger partial charge is 0.456 e. The molecule has 4 unspecified atom stereocenters. The average molecular weight is 700 g/mol. The van der Waals surface area contributed by atoms with Crippen molar-refractivity contribution in [3.8, 4) is 11.1 Å². The molecule has 0 N–H and O–H groups in total. The predicted molar refractivity (Wildman–Crippen MR) is 223 cm³/mol. The zero-order valence-electron chi connectivity index (χ0n) is 29.2. The average Bonchev–Trinajstić information content (AvgIpc) is 3.80. The quantitative estimate of drug-likeness (QED) is 0.178. The minimum atomic E-state index is 0.178. The molecule has 2 nitrogen and oxygen atoms in total. The van der Waals surface area contributed by atoms with Crippen molar-refractivity contribution < 1.29 is 4.42 Å². The van der Waals surface area contributed by atoms with Crippen LogP contribution in [0.4, 0.5) is 0 Å². The van der Waals surface area contributed by atoms with E-state index in [0.717, 1.165) is 24.0 Å². The maximum atomic E-state index is 6.25. The van der Waals surface area contributed by atoms with Gasteiger partial charge in [-0.25, -0.2) is 0 Å². The highest BCUT2D eigenvalue weighted by atomic mass is 32.1. The standard InChI is InChI=1S/C50H37NOS/c1-2-11-33(12-3-1)40-17-9-18-43-44-19-10-21-46(50(44)53-49(40)43)51(45-20-8-14-32-13-4-5-15-39(32)45)38-27-25-35-29-34(23-24-36(35)30-38)37-26-28-42-41-16-6-7-22-47(41)52-48(42)31-37/h1-9,11-20,22-31,35-36,39,45H,10,21H2. The first-order chi connectivity index (χ1) is 26.3. The second kappa shape index (κ2) is 12.4. The number of thiophene rings is 1. The van der Waals surface area contributed by atoms with Gasteiger partial charge in [-0.05, 0) is 70.2 Å². The van der Waals surface area contributed by atoms with Crippen LogP contribution in [0.15, 0.2) is 186 Å². The molecule has 5 aliphatic rings. The Balaban J connectivity index is 1.01. The minimum Gasteiger partial charge on any atom is -0.456 e. The van der Waals surface area contributed by atoms with E-state index in [-0.39, 0.29) is 17.9 Å². The molecule has 0 radical (unpaired) electrons. The van der Waals surface area contributed by atoms with Crippen molar-refractivity contribution in [2.45, 2.75) is 18.9 Å². The van der Waals surface area contributed by atoms with E-state index in [2.05, 4.69) is 169 Å². The van der Waals surface area contributed by atoms with E-state index in [1.165, 1.54) is 69.8 Å². The summed E-state index contributed by atoms with van der Waals surface area (Å²) in [5, 5.41) is 5.10. The van der Waals surface area contributed by atoms with Crippen molar-refractivity contribution in [2.24, 2.45) is 17.8 Å². The molecule has 4 aromatic carbocycles. The highest BCUT2D eigenvalue weighted by Crippen LogP contribution is 2.41. The third-order valence-electron chi connectivity index (χ3n) is 11.6. The first kappa shape index (κ1) is 30.7. The summed E-state index contributed by atoms with van der Waals surface area (Å²) in [6.45, 7) is 0. The Morgan fingerprint density at radius 1 is 0.660 bits per heavy atom. The molecule has 0 saturated carbocycles. The maximum Gasteiger partial charge on any atom is 0.136 e. The third-order valence-corrected chi connectivity index (χ3v) is 12.9. The summed E-state index contributed by atoms with van der Waals surface area (Å²) in [6, 6.07) is 32.8. The number of furan rings is 1. The Kier molecular flexibility index (Phi) is 7.16. The molecule has 254 valence electrons. The lowest BCUT2D eigenvalue weighted by Crippen LogP contribution is -2.43. The summed E-state index contributed by atoms with van der Waals surface area (Å²) in [4.78, 5) is 2.70. The highest BCUT2D eigenvalue weighted by molar-refractivity contribution is 7.17. The van der Waals surface area contributed by atoms with Crippen molar-refractivity contribution >= 4 is 60.7 Å². The van der Waals surface area contributed by atoms with Gasteiger partial charge in [-0.15, -0.1) is 11.3 Å². The van der Waals surface area contributed by atoms with Gasteiger partial charge in [-0.3, -0.25) is 0 Å². The Morgan fingerprint density at radius 3 is 2.47 bits per heavy atom. The third kappa shape index (κ3) is 5.06. The van der Waals surface area contributed by atoms with E-state index >= 15 is 0 Å². The van der Waals surface area contributed by atoms with Gasteiger partial charge in [0.25, 0.3) is 0 Å². The number of allylic oxidation sites excluding steroid dienone is 12. The van der Waals surface area contributed by atoms with Gasteiger partial charge in [-0.1, -0.05) is 152 Å². The molecule has 0 saturated heterocycles. The molecule has 4 atom stereocenters. The Hall–Kier alpha value is -5.90. The van der Waals surface area contributed by atoms with Crippen LogP contribution in [0, 0.1) is 17.8 Å². The molecule has 0 bridgehead atoms. The molecule has 5 aliphatic carbocycles. The number of hydrogen-bond donors (Lipinski definition) is 0. The lowest BCUT2D eigenvalue weighted by atomic mass is 9.79. The summed E-state index contributed by atoms with van der Waals surface area (Å²) in [5.41, 5.74) is 11.0. The summed E-state index contributed by atoms with van der Waals surface area (Å²) < 4.78 is 9.04. The maximum absolute atomic E-state index is 6.25. The van der Waals surface area contributed by atoms with Crippen LogP contribution in [0.2, 0.25) is 0 Å². The Bertz CT molecular complexity index is 2860. The number of fused-ring (bicyclic) bond motifs is 8. The van der Waals surface area contributed by atoms with Crippen LogP contribution >= 0.6 is 11.3 Å². The van der Waals surface area contributed by atoms with Crippen molar-refractivity contribution in [3.05, 3.63) is 197 Å². The number of para-hydroxylation sites is 1. The van der Waals surface area contributed by atoms with Crippen molar-refractivity contribution in [2.75, 3.05) is 0 Å². The van der Waals surface area contributed by atoms with Gasteiger partial charge in [0, 0.05) is 50.0 Å². The van der Waals surface area contributed by atoms with Gasteiger partial charge in [-0.2, -0.15) is 0 Å². The van der Waals surface area contributed by atoms with E-state index < -0.39 is 0 Å². The second-order valence-corrected chi connectivity index (χ2v) is 15.7. The van der Waals surface area contributed by atoms with Gasteiger partial charge in [0.05, 0.1) is 10.6 Å². The molecule has 53 heavy (non-hydrogen) atoms. The van der Waals surface area contributed by atoms with Gasteiger partial charge in [0.1, 0.15) is 11.2 Å². The van der Waals surface area contributed by atoms with E-state index in [0.29, 0.717) is 5.92 Å². The normalized spacial score (nSPS) is 22.6.